The van der Waals surface area contributed by atoms with Crippen molar-refractivity contribution < 1.29 is 14.3 Å². The molecule has 1 aliphatic rings. The Morgan fingerprint density at radius 1 is 1.33 bits per heavy atom. The van der Waals surface area contributed by atoms with Crippen LogP contribution < -0.4 is 15.0 Å². The molecule has 0 fully saturated rings. The van der Waals surface area contributed by atoms with Gasteiger partial charge in [0.15, 0.2) is 5.01 Å². The molecule has 2 amide bonds. The van der Waals surface area contributed by atoms with Crippen LogP contribution in [0.4, 0.5) is 5.69 Å². The number of thiazole rings is 1. The summed E-state index contributed by atoms with van der Waals surface area (Å²) in [7, 11) is 1.66. The van der Waals surface area contributed by atoms with E-state index < -0.39 is 11.9 Å². The average molecular weight is 418 g/mol. The Morgan fingerprint density at radius 3 is 3.00 bits per heavy atom. The topological polar surface area (TPSA) is 95.3 Å². The fraction of sp³-hybridized carbons (Fsp3) is 0.182. The predicted octanol–water partition coefficient (Wildman–Crippen LogP) is 2.76. The summed E-state index contributed by atoms with van der Waals surface area (Å²) in [4.78, 5) is 32.0. The van der Waals surface area contributed by atoms with Gasteiger partial charge in [0, 0.05) is 24.5 Å². The van der Waals surface area contributed by atoms with Crippen molar-refractivity contribution in [1.29, 1.82) is 5.26 Å². The third-order valence-electron chi connectivity index (χ3n) is 4.75. The molecular weight excluding hydrogens is 400 g/mol. The number of hydrogen-bond acceptors (Lipinski definition) is 6. The molecule has 3 aromatic rings. The Labute approximate surface area is 177 Å². The van der Waals surface area contributed by atoms with Crippen molar-refractivity contribution in [1.82, 2.24) is 10.3 Å². The summed E-state index contributed by atoms with van der Waals surface area (Å²) >= 11 is 1.26. The summed E-state index contributed by atoms with van der Waals surface area (Å²) in [6, 6.07) is 15.9. The van der Waals surface area contributed by atoms with Crippen molar-refractivity contribution in [3.63, 3.8) is 0 Å². The standard InChI is InChI=1S/C22H18N4O3S/c1-26-18-7-2-3-8-19(18)29-13-17(22(26)28)25-20(27)21-24-12-16(30-21)10-14-5-4-6-15(9-14)11-23/h2-9,12,17H,10,13H2,1H3,(H,25,27). The summed E-state index contributed by atoms with van der Waals surface area (Å²) in [5, 5.41) is 12.0. The van der Waals surface area contributed by atoms with Crippen molar-refractivity contribution in [3.8, 4) is 11.8 Å². The SMILES string of the molecule is CN1C(=O)C(NC(=O)c2ncc(Cc3cccc(C#N)c3)s2)COc2ccccc21. The van der Waals surface area contributed by atoms with Crippen LogP contribution in [0, 0.1) is 11.3 Å². The van der Waals surface area contributed by atoms with E-state index in [9.17, 15) is 9.59 Å². The van der Waals surface area contributed by atoms with Crippen LogP contribution >= 0.6 is 11.3 Å². The van der Waals surface area contributed by atoms with Crippen LogP contribution in [-0.2, 0) is 11.2 Å². The summed E-state index contributed by atoms with van der Waals surface area (Å²) in [5.74, 6) is -0.0713. The van der Waals surface area contributed by atoms with Gasteiger partial charge < -0.3 is 15.0 Å². The van der Waals surface area contributed by atoms with Gasteiger partial charge in [-0.1, -0.05) is 24.3 Å². The van der Waals surface area contributed by atoms with Crippen LogP contribution in [0.5, 0.6) is 5.75 Å². The molecule has 0 saturated carbocycles. The number of nitriles is 1. The first-order valence-electron chi connectivity index (χ1n) is 9.29. The number of likely N-dealkylation sites (N-methyl/N-ethyl adjacent to an activating group) is 1. The fourth-order valence-corrected chi connectivity index (χ4v) is 4.07. The highest BCUT2D eigenvalue weighted by atomic mass is 32.1. The van der Waals surface area contributed by atoms with Crippen molar-refractivity contribution >= 4 is 28.8 Å². The summed E-state index contributed by atoms with van der Waals surface area (Å²) in [5.41, 5.74) is 2.22. The maximum Gasteiger partial charge on any atom is 0.281 e. The predicted molar refractivity (Wildman–Crippen MR) is 113 cm³/mol. The molecule has 1 atom stereocenters. The van der Waals surface area contributed by atoms with Crippen molar-refractivity contribution in [3.05, 3.63) is 75.7 Å². The van der Waals surface area contributed by atoms with Crippen LogP contribution in [-0.4, -0.2) is 36.5 Å². The van der Waals surface area contributed by atoms with Gasteiger partial charge in [-0.3, -0.25) is 9.59 Å². The van der Waals surface area contributed by atoms with Crippen molar-refractivity contribution in [2.75, 3.05) is 18.6 Å². The molecule has 2 aromatic carbocycles. The van der Waals surface area contributed by atoms with E-state index in [1.165, 1.54) is 16.2 Å². The molecule has 8 heteroatoms. The summed E-state index contributed by atoms with van der Waals surface area (Å²) in [6.45, 7) is 0.0467. The van der Waals surface area contributed by atoms with E-state index in [1.54, 1.807) is 31.4 Å². The van der Waals surface area contributed by atoms with Crippen molar-refractivity contribution in [2.45, 2.75) is 12.5 Å². The zero-order chi connectivity index (χ0) is 21.1. The molecule has 1 unspecified atom stereocenters. The quantitative estimate of drug-likeness (QED) is 0.703. The lowest BCUT2D eigenvalue weighted by Crippen LogP contribution is -2.49. The molecule has 1 aromatic heterocycles. The van der Waals surface area contributed by atoms with Crippen LogP contribution in [0.1, 0.15) is 25.8 Å². The van der Waals surface area contributed by atoms with Gasteiger partial charge in [-0.15, -0.1) is 11.3 Å². The number of fused-ring (bicyclic) bond motifs is 1. The molecular formula is C22H18N4O3S. The molecule has 0 spiro atoms. The van der Waals surface area contributed by atoms with Gasteiger partial charge in [0.25, 0.3) is 11.8 Å². The Balaban J connectivity index is 1.44. The second kappa shape index (κ2) is 8.35. The lowest BCUT2D eigenvalue weighted by Gasteiger charge is -2.19. The smallest absolute Gasteiger partial charge is 0.281 e. The normalized spacial score (nSPS) is 15.5. The van der Waals surface area contributed by atoms with Gasteiger partial charge in [0.05, 0.1) is 17.3 Å². The maximum atomic E-state index is 12.8. The van der Waals surface area contributed by atoms with Crippen molar-refractivity contribution in [2.24, 2.45) is 0 Å². The molecule has 7 nitrogen and oxygen atoms in total. The molecule has 0 aliphatic carbocycles. The molecule has 0 bridgehead atoms. The van der Waals surface area contributed by atoms with E-state index in [2.05, 4.69) is 16.4 Å². The molecule has 4 rings (SSSR count). The number of carbonyl (C=O) groups excluding carboxylic acids is 2. The first kappa shape index (κ1) is 19.6. The molecule has 0 saturated heterocycles. The molecule has 0 radical (unpaired) electrons. The van der Waals surface area contributed by atoms with Gasteiger partial charge in [0.1, 0.15) is 18.4 Å². The number of benzene rings is 2. The second-order valence-corrected chi connectivity index (χ2v) is 7.94. The van der Waals surface area contributed by atoms with Crippen LogP contribution in [0.2, 0.25) is 0 Å². The molecule has 30 heavy (non-hydrogen) atoms. The summed E-state index contributed by atoms with van der Waals surface area (Å²) < 4.78 is 5.72. The summed E-state index contributed by atoms with van der Waals surface area (Å²) in [6.07, 6.45) is 2.22. The first-order chi connectivity index (χ1) is 14.5. The number of amides is 2. The van der Waals surface area contributed by atoms with Gasteiger partial charge >= 0.3 is 0 Å². The first-order valence-corrected chi connectivity index (χ1v) is 10.1. The molecule has 2 heterocycles. The Kier molecular flexibility index (Phi) is 5.46. The highest BCUT2D eigenvalue weighted by molar-refractivity contribution is 7.13. The van der Waals surface area contributed by atoms with E-state index in [1.807, 2.05) is 30.3 Å². The lowest BCUT2D eigenvalue weighted by atomic mass is 10.1. The molecule has 1 aliphatic heterocycles. The number of nitrogens with one attached hydrogen (secondary N) is 1. The number of para-hydroxylation sites is 2. The Morgan fingerprint density at radius 2 is 2.17 bits per heavy atom. The monoisotopic (exact) mass is 418 g/mol. The molecule has 150 valence electrons. The minimum Gasteiger partial charge on any atom is -0.489 e. The Bertz CT molecular complexity index is 1150. The van der Waals surface area contributed by atoms with Gasteiger partial charge in [-0.2, -0.15) is 5.26 Å². The number of hydrogen-bond donors (Lipinski definition) is 1. The van der Waals surface area contributed by atoms with Gasteiger partial charge in [-0.05, 0) is 29.8 Å². The zero-order valence-corrected chi connectivity index (χ0v) is 17.0. The third kappa shape index (κ3) is 4.02. The second-order valence-electron chi connectivity index (χ2n) is 6.82. The molecule has 1 N–H and O–H groups in total. The van der Waals surface area contributed by atoms with E-state index in [4.69, 9.17) is 10.00 Å². The largest absolute Gasteiger partial charge is 0.489 e. The fourth-order valence-electron chi connectivity index (χ4n) is 3.22. The number of nitrogens with zero attached hydrogens (tertiary/aromatic N) is 3. The van der Waals surface area contributed by atoms with E-state index in [-0.39, 0.29) is 17.5 Å². The van der Waals surface area contributed by atoms with Crippen LogP contribution in [0.15, 0.2) is 54.7 Å². The number of carbonyl (C=O) groups is 2. The minimum absolute atomic E-state index is 0.0467. The Hall–Kier alpha value is -3.70. The number of anilines is 1. The third-order valence-corrected chi connectivity index (χ3v) is 5.74. The van der Waals surface area contributed by atoms with E-state index >= 15 is 0 Å². The van der Waals surface area contributed by atoms with E-state index in [0.717, 1.165) is 10.4 Å². The van der Waals surface area contributed by atoms with Crippen LogP contribution in [0.25, 0.3) is 0 Å². The van der Waals surface area contributed by atoms with E-state index in [0.29, 0.717) is 23.4 Å². The zero-order valence-electron chi connectivity index (χ0n) is 16.2. The van der Waals surface area contributed by atoms with Gasteiger partial charge in [-0.25, -0.2) is 4.98 Å². The number of aromatic nitrogens is 1. The number of ether oxygens (including phenoxy) is 1. The maximum absolute atomic E-state index is 12.8. The number of rotatable bonds is 4. The highest BCUT2D eigenvalue weighted by Gasteiger charge is 2.31. The average Bonchev–Trinajstić information content (AvgIpc) is 3.20. The van der Waals surface area contributed by atoms with Crippen LogP contribution in [0.3, 0.4) is 0 Å². The van der Waals surface area contributed by atoms with Gasteiger partial charge in [0.2, 0.25) is 0 Å². The minimum atomic E-state index is -0.811. The highest BCUT2D eigenvalue weighted by Crippen LogP contribution is 2.30. The lowest BCUT2D eigenvalue weighted by molar-refractivity contribution is -0.120.